The molecule has 3 N–H and O–H groups in total. The molecule has 2 rings (SSSR count). The number of nitrogens with zero attached hydrogens (tertiary/aromatic N) is 4. The van der Waals surface area contributed by atoms with Gasteiger partial charge >= 0.3 is 0 Å². The summed E-state index contributed by atoms with van der Waals surface area (Å²) in [5.74, 6) is 6.47. The van der Waals surface area contributed by atoms with Crippen LogP contribution >= 0.6 is 11.3 Å². The minimum atomic E-state index is 0.0435. The lowest BCUT2D eigenvalue weighted by molar-refractivity contribution is 0.515. The van der Waals surface area contributed by atoms with Gasteiger partial charge in [0.1, 0.15) is 12.2 Å². The fourth-order valence-corrected chi connectivity index (χ4v) is 2.21. The van der Waals surface area contributed by atoms with Crippen LogP contribution < -0.4 is 11.3 Å². The minimum absolute atomic E-state index is 0.0435. The second-order valence-electron chi connectivity index (χ2n) is 3.32. The highest BCUT2D eigenvalue weighted by atomic mass is 32.1. The molecule has 0 aliphatic heterocycles. The topological polar surface area (TPSA) is 81.7 Å². The predicted octanol–water partition coefficient (Wildman–Crippen LogP) is 0.502. The SMILES string of the molecule is CCn1ncnc1CC(NN)c1cncs1. The van der Waals surface area contributed by atoms with Crippen LogP contribution in [-0.4, -0.2) is 19.7 Å². The summed E-state index contributed by atoms with van der Waals surface area (Å²) in [6.45, 7) is 2.85. The normalized spacial score (nSPS) is 12.9. The molecule has 16 heavy (non-hydrogen) atoms. The molecule has 0 spiro atoms. The zero-order chi connectivity index (χ0) is 11.4. The van der Waals surface area contributed by atoms with E-state index in [4.69, 9.17) is 5.84 Å². The van der Waals surface area contributed by atoms with Gasteiger partial charge < -0.3 is 0 Å². The molecule has 1 unspecified atom stereocenters. The van der Waals surface area contributed by atoms with E-state index < -0.39 is 0 Å². The van der Waals surface area contributed by atoms with E-state index in [1.165, 1.54) is 0 Å². The fourth-order valence-electron chi connectivity index (χ4n) is 1.53. The minimum Gasteiger partial charge on any atom is -0.271 e. The van der Waals surface area contributed by atoms with E-state index in [1.807, 2.05) is 17.8 Å². The largest absolute Gasteiger partial charge is 0.271 e. The first-order valence-corrected chi connectivity index (χ1v) is 5.94. The zero-order valence-electron chi connectivity index (χ0n) is 9.00. The van der Waals surface area contributed by atoms with E-state index in [9.17, 15) is 0 Å². The first-order chi connectivity index (χ1) is 7.85. The van der Waals surface area contributed by atoms with Crippen molar-refractivity contribution in [3.63, 3.8) is 0 Å². The van der Waals surface area contributed by atoms with Crippen LogP contribution in [0.2, 0.25) is 0 Å². The number of rotatable bonds is 5. The van der Waals surface area contributed by atoms with Crippen molar-refractivity contribution in [3.05, 3.63) is 28.7 Å². The van der Waals surface area contributed by atoms with Gasteiger partial charge in [-0.3, -0.25) is 20.9 Å². The van der Waals surface area contributed by atoms with Crippen LogP contribution in [0.15, 0.2) is 18.0 Å². The van der Waals surface area contributed by atoms with Crippen molar-refractivity contribution in [2.45, 2.75) is 25.9 Å². The van der Waals surface area contributed by atoms with E-state index in [1.54, 1.807) is 23.2 Å². The van der Waals surface area contributed by atoms with Crippen LogP contribution in [-0.2, 0) is 13.0 Å². The highest BCUT2D eigenvalue weighted by Gasteiger charge is 2.15. The van der Waals surface area contributed by atoms with Gasteiger partial charge in [-0.25, -0.2) is 4.98 Å². The lowest BCUT2D eigenvalue weighted by Crippen LogP contribution is -2.29. The first-order valence-electron chi connectivity index (χ1n) is 5.06. The van der Waals surface area contributed by atoms with Crippen molar-refractivity contribution < 1.29 is 0 Å². The van der Waals surface area contributed by atoms with Gasteiger partial charge in [-0.2, -0.15) is 5.10 Å². The maximum atomic E-state index is 5.54. The van der Waals surface area contributed by atoms with Crippen LogP contribution in [0, 0.1) is 0 Å². The van der Waals surface area contributed by atoms with Crippen molar-refractivity contribution in [2.24, 2.45) is 5.84 Å². The van der Waals surface area contributed by atoms with Crippen LogP contribution in [0.3, 0.4) is 0 Å². The van der Waals surface area contributed by atoms with Crippen molar-refractivity contribution in [3.8, 4) is 0 Å². The fraction of sp³-hybridized carbons (Fsp3) is 0.444. The summed E-state index contributed by atoms with van der Waals surface area (Å²) in [5.41, 5.74) is 4.58. The molecule has 86 valence electrons. The van der Waals surface area contributed by atoms with Gasteiger partial charge in [-0.05, 0) is 6.92 Å². The summed E-state index contributed by atoms with van der Waals surface area (Å²) in [6.07, 6.45) is 4.10. The van der Waals surface area contributed by atoms with E-state index in [0.29, 0.717) is 6.42 Å². The molecule has 6 nitrogen and oxygen atoms in total. The Labute approximate surface area is 97.5 Å². The Morgan fingerprint density at radius 1 is 1.62 bits per heavy atom. The molecule has 0 saturated heterocycles. The Kier molecular flexibility index (Phi) is 3.60. The summed E-state index contributed by atoms with van der Waals surface area (Å²) in [6, 6.07) is 0.0435. The van der Waals surface area contributed by atoms with Crippen LogP contribution in [0.4, 0.5) is 0 Å². The van der Waals surface area contributed by atoms with Crippen LogP contribution in [0.25, 0.3) is 0 Å². The maximum absolute atomic E-state index is 5.54. The number of aromatic nitrogens is 4. The zero-order valence-corrected chi connectivity index (χ0v) is 9.81. The van der Waals surface area contributed by atoms with E-state index >= 15 is 0 Å². The number of hydrogen-bond acceptors (Lipinski definition) is 6. The smallest absolute Gasteiger partial charge is 0.138 e. The lowest BCUT2D eigenvalue weighted by atomic mass is 10.2. The number of nitrogens with one attached hydrogen (secondary N) is 1. The standard InChI is InChI=1S/C9H14N6S/c1-2-15-9(12-5-13-15)3-7(14-10)8-4-11-6-16-8/h4-7,14H,2-3,10H2,1H3. The molecule has 0 amide bonds. The van der Waals surface area contributed by atoms with Crippen LogP contribution in [0.5, 0.6) is 0 Å². The molecule has 0 saturated carbocycles. The molecular weight excluding hydrogens is 224 g/mol. The van der Waals surface area contributed by atoms with Gasteiger partial charge in [0, 0.05) is 24.0 Å². The molecular formula is C9H14N6S. The second kappa shape index (κ2) is 5.15. The van der Waals surface area contributed by atoms with E-state index in [0.717, 1.165) is 17.2 Å². The maximum Gasteiger partial charge on any atom is 0.138 e. The lowest BCUT2D eigenvalue weighted by Gasteiger charge is -2.13. The molecule has 0 radical (unpaired) electrons. The van der Waals surface area contributed by atoms with E-state index in [2.05, 4.69) is 20.5 Å². The van der Waals surface area contributed by atoms with Gasteiger partial charge in [0.25, 0.3) is 0 Å². The molecule has 1 atom stereocenters. The average Bonchev–Trinajstić information content (AvgIpc) is 2.96. The van der Waals surface area contributed by atoms with E-state index in [-0.39, 0.29) is 6.04 Å². The highest BCUT2D eigenvalue weighted by molar-refractivity contribution is 7.09. The molecule has 2 heterocycles. The van der Waals surface area contributed by atoms with Crippen molar-refractivity contribution in [1.29, 1.82) is 0 Å². The third-order valence-electron chi connectivity index (χ3n) is 2.38. The van der Waals surface area contributed by atoms with Crippen molar-refractivity contribution >= 4 is 11.3 Å². The third-order valence-corrected chi connectivity index (χ3v) is 3.27. The molecule has 7 heteroatoms. The van der Waals surface area contributed by atoms with Gasteiger partial charge in [0.05, 0.1) is 11.6 Å². The van der Waals surface area contributed by atoms with Gasteiger partial charge in [0.2, 0.25) is 0 Å². The molecule has 2 aromatic heterocycles. The Bertz CT molecular complexity index is 423. The number of nitrogens with two attached hydrogens (primary N) is 1. The number of aryl methyl sites for hydroxylation is 1. The number of thiazole rings is 1. The van der Waals surface area contributed by atoms with Crippen molar-refractivity contribution in [2.75, 3.05) is 0 Å². The summed E-state index contributed by atoms with van der Waals surface area (Å²) in [7, 11) is 0. The molecule has 0 aliphatic rings. The molecule has 0 aromatic carbocycles. The Balaban J connectivity index is 2.13. The molecule has 2 aromatic rings. The summed E-state index contributed by atoms with van der Waals surface area (Å²) in [5, 5.41) is 4.13. The Hall–Kier alpha value is -1.31. The molecule has 0 aliphatic carbocycles. The Morgan fingerprint density at radius 3 is 3.12 bits per heavy atom. The molecule has 0 fully saturated rings. The van der Waals surface area contributed by atoms with Crippen molar-refractivity contribution in [1.82, 2.24) is 25.2 Å². The number of hydrogen-bond donors (Lipinski definition) is 2. The van der Waals surface area contributed by atoms with Gasteiger partial charge in [-0.15, -0.1) is 11.3 Å². The average molecular weight is 238 g/mol. The quantitative estimate of drug-likeness (QED) is 0.585. The second-order valence-corrected chi connectivity index (χ2v) is 4.24. The Morgan fingerprint density at radius 2 is 2.50 bits per heavy atom. The first kappa shape index (κ1) is 11.2. The summed E-state index contributed by atoms with van der Waals surface area (Å²) in [4.78, 5) is 9.37. The predicted molar refractivity (Wildman–Crippen MR) is 61.6 cm³/mol. The third kappa shape index (κ3) is 2.26. The van der Waals surface area contributed by atoms with Gasteiger partial charge in [0.15, 0.2) is 0 Å². The summed E-state index contributed by atoms with van der Waals surface area (Å²) >= 11 is 1.58. The van der Waals surface area contributed by atoms with Crippen LogP contribution in [0.1, 0.15) is 23.7 Å². The highest BCUT2D eigenvalue weighted by Crippen LogP contribution is 2.19. The van der Waals surface area contributed by atoms with Gasteiger partial charge in [-0.1, -0.05) is 0 Å². The summed E-state index contributed by atoms with van der Waals surface area (Å²) < 4.78 is 1.87. The monoisotopic (exact) mass is 238 g/mol. The molecule has 0 bridgehead atoms. The number of hydrazine groups is 1.